The van der Waals surface area contributed by atoms with Gasteiger partial charge in [-0.05, 0) is 104 Å². The van der Waals surface area contributed by atoms with Gasteiger partial charge in [-0.2, -0.15) is 0 Å². The normalized spacial score (nSPS) is 13.1. The van der Waals surface area contributed by atoms with Gasteiger partial charge in [-0.15, -0.1) is 0 Å². The molecule has 57 heavy (non-hydrogen) atoms. The highest BCUT2D eigenvalue weighted by molar-refractivity contribution is 6.12. The Bertz CT molecular complexity index is 3130. The molecule has 2 aliphatic rings. The average molecular weight is 726 g/mol. The second-order valence-corrected chi connectivity index (χ2v) is 15.2. The number of nitrogens with zero attached hydrogens (tertiary/aromatic N) is 1. The molecule has 0 fully saturated rings. The van der Waals surface area contributed by atoms with Gasteiger partial charge in [-0.1, -0.05) is 170 Å². The predicted molar refractivity (Wildman–Crippen MR) is 236 cm³/mol. The largest absolute Gasteiger partial charge is 0.456 e. The molecule has 1 spiro atoms. The Morgan fingerprint density at radius 3 is 1.53 bits per heavy atom. The van der Waals surface area contributed by atoms with Crippen LogP contribution in [-0.2, 0) is 5.41 Å². The molecule has 1 heterocycles. The lowest BCUT2D eigenvalue weighted by molar-refractivity contribution is 0.669. The first-order valence-corrected chi connectivity index (χ1v) is 19.7. The number of hydrogen-bond donors (Lipinski definition) is 0. The lowest BCUT2D eigenvalue weighted by Gasteiger charge is -2.32. The van der Waals surface area contributed by atoms with Crippen LogP contribution in [0.15, 0.2) is 217 Å². The first-order chi connectivity index (χ1) is 28.3. The van der Waals surface area contributed by atoms with Crippen molar-refractivity contribution < 1.29 is 4.42 Å². The summed E-state index contributed by atoms with van der Waals surface area (Å²) in [7, 11) is 0. The lowest BCUT2D eigenvalue weighted by Crippen LogP contribution is -2.26. The SMILES string of the molecule is c1ccc(-c2ccc(N(c3ccc(-c4cccc5oc6ccccc6c45)cc3)c3cccc4c3-c3ccccc3C43c4ccccc4-c4ccccc43)cc2)cc1. The first kappa shape index (κ1) is 31.9. The molecule has 0 saturated carbocycles. The molecule has 0 saturated heterocycles. The number of hydrogen-bond acceptors (Lipinski definition) is 2. The van der Waals surface area contributed by atoms with Crippen molar-refractivity contribution in [2.24, 2.45) is 0 Å². The zero-order valence-electron chi connectivity index (χ0n) is 31.1. The summed E-state index contributed by atoms with van der Waals surface area (Å²) in [6.07, 6.45) is 0. The van der Waals surface area contributed by atoms with E-state index in [9.17, 15) is 0 Å². The van der Waals surface area contributed by atoms with Gasteiger partial charge < -0.3 is 9.32 Å². The molecular weight excluding hydrogens is 691 g/mol. The molecule has 10 aromatic rings. The molecule has 0 N–H and O–H groups in total. The van der Waals surface area contributed by atoms with E-state index in [1.807, 2.05) is 12.1 Å². The van der Waals surface area contributed by atoms with Gasteiger partial charge in [0.2, 0.25) is 0 Å². The number of furan rings is 1. The lowest BCUT2D eigenvalue weighted by atomic mass is 9.70. The van der Waals surface area contributed by atoms with E-state index in [2.05, 4.69) is 205 Å². The molecular formula is C55H35NO. The Morgan fingerprint density at radius 2 is 0.825 bits per heavy atom. The van der Waals surface area contributed by atoms with Crippen LogP contribution in [0.1, 0.15) is 22.3 Å². The summed E-state index contributed by atoms with van der Waals surface area (Å²) in [5.41, 5.74) is 20.0. The van der Waals surface area contributed by atoms with Crippen LogP contribution in [0, 0.1) is 0 Å². The molecule has 0 bridgehead atoms. The Labute approximate surface area is 331 Å². The minimum absolute atomic E-state index is 0.423. The van der Waals surface area contributed by atoms with Crippen LogP contribution >= 0.6 is 0 Å². The Hall–Kier alpha value is -7.42. The Balaban J connectivity index is 1.08. The van der Waals surface area contributed by atoms with Crippen molar-refractivity contribution in [1.29, 1.82) is 0 Å². The third kappa shape index (κ3) is 4.53. The topological polar surface area (TPSA) is 16.4 Å². The third-order valence-corrected chi connectivity index (χ3v) is 12.3. The first-order valence-electron chi connectivity index (χ1n) is 19.7. The standard InChI is InChI=1S/C55H35NO/c1-2-14-36(15-3-1)37-28-32-39(33-29-37)56(40-34-30-38(31-35-40)41-20-12-27-52-53(41)45-19-7-11-26-51(45)57-52)50-25-13-24-49-54(50)44-18-6-10-23-48(44)55(49)46-21-8-4-16-42(46)43-17-5-9-22-47(43)55/h1-35H. The number of rotatable bonds is 5. The van der Waals surface area contributed by atoms with Gasteiger partial charge in [0.15, 0.2) is 0 Å². The van der Waals surface area contributed by atoms with Crippen LogP contribution in [0.5, 0.6) is 0 Å². The molecule has 9 aromatic carbocycles. The molecule has 0 radical (unpaired) electrons. The maximum Gasteiger partial charge on any atom is 0.136 e. The zero-order chi connectivity index (χ0) is 37.5. The van der Waals surface area contributed by atoms with E-state index in [4.69, 9.17) is 4.42 Å². The van der Waals surface area contributed by atoms with Gasteiger partial charge in [-0.25, -0.2) is 0 Å². The average Bonchev–Trinajstić information content (AvgIpc) is 3.92. The summed E-state index contributed by atoms with van der Waals surface area (Å²) in [6.45, 7) is 0. The van der Waals surface area contributed by atoms with Crippen LogP contribution < -0.4 is 4.90 Å². The van der Waals surface area contributed by atoms with Crippen LogP contribution in [-0.4, -0.2) is 0 Å². The summed E-state index contributed by atoms with van der Waals surface area (Å²) in [4.78, 5) is 2.45. The minimum atomic E-state index is -0.423. The molecule has 2 aliphatic carbocycles. The summed E-state index contributed by atoms with van der Waals surface area (Å²) >= 11 is 0. The Kier molecular flexibility index (Phi) is 6.88. The van der Waals surface area contributed by atoms with E-state index in [1.54, 1.807) is 0 Å². The van der Waals surface area contributed by atoms with Crippen molar-refractivity contribution in [2.45, 2.75) is 5.41 Å². The summed E-state index contributed by atoms with van der Waals surface area (Å²) in [6, 6.07) is 77.4. The number of fused-ring (bicyclic) bond motifs is 13. The van der Waals surface area contributed by atoms with Crippen molar-refractivity contribution in [3.05, 3.63) is 235 Å². The van der Waals surface area contributed by atoms with E-state index in [-0.39, 0.29) is 0 Å². The van der Waals surface area contributed by atoms with Crippen molar-refractivity contribution >= 4 is 39.0 Å². The fourth-order valence-electron chi connectivity index (χ4n) is 9.98. The maximum absolute atomic E-state index is 6.28. The van der Waals surface area contributed by atoms with Gasteiger partial charge in [-0.3, -0.25) is 0 Å². The fraction of sp³-hybridized carbons (Fsp3) is 0.0182. The molecule has 2 nitrogen and oxygen atoms in total. The van der Waals surface area contributed by atoms with Gasteiger partial charge >= 0.3 is 0 Å². The van der Waals surface area contributed by atoms with E-state index in [1.165, 1.54) is 55.6 Å². The molecule has 1 aromatic heterocycles. The fourth-order valence-corrected chi connectivity index (χ4v) is 9.98. The summed E-state index contributed by atoms with van der Waals surface area (Å²) in [5.74, 6) is 0. The van der Waals surface area contributed by atoms with Gasteiger partial charge in [0, 0.05) is 27.7 Å². The van der Waals surface area contributed by atoms with E-state index in [0.29, 0.717) is 0 Å². The van der Waals surface area contributed by atoms with Gasteiger partial charge in [0.05, 0.1) is 11.1 Å². The van der Waals surface area contributed by atoms with Crippen LogP contribution in [0.3, 0.4) is 0 Å². The number of benzene rings is 9. The summed E-state index contributed by atoms with van der Waals surface area (Å²) in [5, 5.41) is 2.28. The highest BCUT2D eigenvalue weighted by Crippen LogP contribution is 2.64. The van der Waals surface area contributed by atoms with E-state index in [0.717, 1.165) is 50.1 Å². The van der Waals surface area contributed by atoms with Crippen LogP contribution in [0.4, 0.5) is 17.1 Å². The van der Waals surface area contributed by atoms with Crippen molar-refractivity contribution in [3.8, 4) is 44.5 Å². The molecule has 0 atom stereocenters. The third-order valence-electron chi connectivity index (χ3n) is 12.3. The second kappa shape index (κ2) is 12.3. The molecule has 0 aliphatic heterocycles. The number of anilines is 3. The second-order valence-electron chi connectivity index (χ2n) is 15.2. The van der Waals surface area contributed by atoms with Crippen molar-refractivity contribution in [1.82, 2.24) is 0 Å². The molecule has 12 rings (SSSR count). The molecule has 0 unspecified atom stereocenters. The Morgan fingerprint density at radius 1 is 0.333 bits per heavy atom. The summed E-state index contributed by atoms with van der Waals surface area (Å²) < 4.78 is 6.28. The molecule has 0 amide bonds. The van der Waals surface area contributed by atoms with Crippen LogP contribution in [0.25, 0.3) is 66.4 Å². The minimum Gasteiger partial charge on any atom is -0.456 e. The smallest absolute Gasteiger partial charge is 0.136 e. The molecule has 2 heteroatoms. The van der Waals surface area contributed by atoms with Gasteiger partial charge in [0.25, 0.3) is 0 Å². The van der Waals surface area contributed by atoms with Crippen LogP contribution in [0.2, 0.25) is 0 Å². The quantitative estimate of drug-likeness (QED) is 0.176. The van der Waals surface area contributed by atoms with E-state index < -0.39 is 5.41 Å². The van der Waals surface area contributed by atoms with E-state index >= 15 is 0 Å². The highest BCUT2D eigenvalue weighted by Gasteiger charge is 2.52. The number of para-hydroxylation sites is 1. The molecule has 266 valence electrons. The van der Waals surface area contributed by atoms with Crippen molar-refractivity contribution in [2.75, 3.05) is 4.90 Å². The predicted octanol–water partition coefficient (Wildman–Crippen LogP) is 14.7. The zero-order valence-corrected chi connectivity index (χ0v) is 31.1. The highest BCUT2D eigenvalue weighted by atomic mass is 16.3. The van der Waals surface area contributed by atoms with Gasteiger partial charge in [0.1, 0.15) is 11.2 Å². The van der Waals surface area contributed by atoms with Crippen molar-refractivity contribution in [3.63, 3.8) is 0 Å². The maximum atomic E-state index is 6.28. The monoisotopic (exact) mass is 725 g/mol.